The van der Waals surface area contributed by atoms with Crippen LogP contribution in [0, 0.1) is 5.92 Å². The zero-order valence-electron chi connectivity index (χ0n) is 15.7. The van der Waals surface area contributed by atoms with Crippen LogP contribution in [-0.4, -0.2) is 45.4 Å². The first kappa shape index (κ1) is 20.5. The third-order valence-electron chi connectivity index (χ3n) is 4.65. The molecule has 0 saturated carbocycles. The monoisotopic (exact) mass is 380 g/mol. The van der Waals surface area contributed by atoms with Crippen LogP contribution in [-0.2, 0) is 14.8 Å². The largest absolute Gasteiger partial charge is 0.495 e. The number of piperidine rings is 1. The van der Waals surface area contributed by atoms with E-state index < -0.39 is 10.0 Å². The van der Waals surface area contributed by atoms with Crippen molar-refractivity contribution < 1.29 is 17.9 Å². The maximum Gasteiger partial charge on any atom is 0.246 e. The summed E-state index contributed by atoms with van der Waals surface area (Å²) >= 11 is 0. The van der Waals surface area contributed by atoms with Crippen LogP contribution in [0.4, 0.5) is 0 Å². The van der Waals surface area contributed by atoms with Crippen molar-refractivity contribution >= 4 is 15.9 Å². The number of carbonyl (C=O) groups excluding carboxylic acids is 1. The number of methoxy groups -OCH3 is 1. The summed E-state index contributed by atoms with van der Waals surface area (Å²) in [6.07, 6.45) is 2.94. The molecule has 0 bridgehead atoms. The van der Waals surface area contributed by atoms with Crippen LogP contribution in [0.5, 0.6) is 5.75 Å². The van der Waals surface area contributed by atoms with Gasteiger partial charge in [0, 0.05) is 19.6 Å². The molecule has 1 atom stereocenters. The van der Waals surface area contributed by atoms with E-state index in [9.17, 15) is 13.2 Å². The smallest absolute Gasteiger partial charge is 0.246 e. The number of nitrogens with one attached hydrogen (secondary N) is 1. The van der Waals surface area contributed by atoms with E-state index in [0.717, 1.165) is 5.56 Å². The summed E-state index contributed by atoms with van der Waals surface area (Å²) in [4.78, 5) is 12.4. The first-order valence-corrected chi connectivity index (χ1v) is 10.3. The predicted molar refractivity (Wildman–Crippen MR) is 102 cm³/mol. The Morgan fingerprint density at radius 2 is 2.19 bits per heavy atom. The van der Waals surface area contributed by atoms with Crippen molar-refractivity contribution in [3.8, 4) is 5.75 Å². The first-order valence-electron chi connectivity index (χ1n) is 8.88. The number of rotatable bonds is 7. The third-order valence-corrected chi connectivity index (χ3v) is 6.53. The molecular weight excluding hydrogens is 352 g/mol. The maximum atomic E-state index is 13.2. The molecule has 0 aliphatic carbocycles. The molecule has 0 unspecified atom stereocenters. The van der Waals surface area contributed by atoms with Crippen LogP contribution in [0.3, 0.4) is 0 Å². The second-order valence-electron chi connectivity index (χ2n) is 6.80. The van der Waals surface area contributed by atoms with Gasteiger partial charge in [-0.3, -0.25) is 4.79 Å². The van der Waals surface area contributed by atoms with Crippen LogP contribution < -0.4 is 10.1 Å². The number of ether oxygens (including phenoxy) is 1. The number of benzene rings is 1. The van der Waals surface area contributed by atoms with Crippen LogP contribution in [0.2, 0.25) is 0 Å². The van der Waals surface area contributed by atoms with Crippen molar-refractivity contribution in [2.45, 2.75) is 37.5 Å². The number of hydrogen-bond donors (Lipinski definition) is 1. The lowest BCUT2D eigenvalue weighted by Gasteiger charge is -2.31. The highest BCUT2D eigenvalue weighted by atomic mass is 32.2. The van der Waals surface area contributed by atoms with Gasteiger partial charge in [-0.2, -0.15) is 4.31 Å². The minimum atomic E-state index is -3.74. The minimum absolute atomic E-state index is 0.132. The van der Waals surface area contributed by atoms with Crippen LogP contribution >= 0.6 is 0 Å². The Labute approximate surface area is 156 Å². The Morgan fingerprint density at radius 3 is 2.81 bits per heavy atom. The fourth-order valence-corrected chi connectivity index (χ4v) is 4.80. The van der Waals surface area contributed by atoms with E-state index in [-0.39, 0.29) is 29.2 Å². The van der Waals surface area contributed by atoms with Gasteiger partial charge in [0.2, 0.25) is 15.9 Å². The lowest BCUT2D eigenvalue weighted by molar-refractivity contribution is -0.125. The van der Waals surface area contributed by atoms with Crippen LogP contribution in [0.15, 0.2) is 35.7 Å². The highest BCUT2D eigenvalue weighted by Crippen LogP contribution is 2.32. The van der Waals surface area contributed by atoms with Crippen LogP contribution in [0.1, 0.15) is 38.2 Å². The zero-order chi connectivity index (χ0) is 19.3. The molecule has 0 spiro atoms. The van der Waals surface area contributed by atoms with Gasteiger partial charge in [-0.25, -0.2) is 8.42 Å². The lowest BCUT2D eigenvalue weighted by Crippen LogP contribution is -2.45. The molecule has 1 aliphatic rings. The molecule has 1 heterocycles. The number of hydrogen-bond acceptors (Lipinski definition) is 4. The Bertz CT molecular complexity index is 759. The molecule has 1 N–H and O–H groups in total. The van der Waals surface area contributed by atoms with Gasteiger partial charge >= 0.3 is 0 Å². The number of nitrogens with zero attached hydrogens (tertiary/aromatic N) is 1. The molecule has 6 nitrogen and oxygen atoms in total. The van der Waals surface area contributed by atoms with Crippen LogP contribution in [0.25, 0.3) is 0 Å². The summed E-state index contributed by atoms with van der Waals surface area (Å²) in [5, 5.41) is 2.76. The summed E-state index contributed by atoms with van der Waals surface area (Å²) in [6.45, 7) is 8.57. The van der Waals surface area contributed by atoms with Crippen molar-refractivity contribution in [1.82, 2.24) is 9.62 Å². The minimum Gasteiger partial charge on any atom is -0.495 e. The van der Waals surface area contributed by atoms with E-state index in [2.05, 4.69) is 11.9 Å². The second kappa shape index (κ2) is 8.68. The van der Waals surface area contributed by atoms with Gasteiger partial charge in [-0.15, -0.1) is 6.58 Å². The van der Waals surface area contributed by atoms with E-state index in [1.165, 1.54) is 11.4 Å². The van der Waals surface area contributed by atoms with E-state index >= 15 is 0 Å². The molecule has 26 heavy (non-hydrogen) atoms. The van der Waals surface area contributed by atoms with Crippen molar-refractivity contribution in [2.75, 3.05) is 26.7 Å². The molecule has 1 fully saturated rings. The first-order chi connectivity index (χ1) is 12.3. The summed E-state index contributed by atoms with van der Waals surface area (Å²) in [7, 11) is -2.28. The highest BCUT2D eigenvalue weighted by molar-refractivity contribution is 7.89. The fourth-order valence-electron chi connectivity index (χ4n) is 3.08. The van der Waals surface area contributed by atoms with Gasteiger partial charge in [0.1, 0.15) is 10.6 Å². The molecule has 1 aliphatic heterocycles. The van der Waals surface area contributed by atoms with E-state index in [1.807, 2.05) is 19.9 Å². The standard InChI is InChI=1S/C19H28N2O4S/c1-5-10-20-19(22)16-7-6-11-21(13-16)26(23,24)18-12-15(14(2)3)8-9-17(18)25-4/h5,8-9,12,14,16H,1,6-7,10-11,13H2,2-4H3,(H,20,22)/t16-/m1/s1. The summed E-state index contributed by atoms with van der Waals surface area (Å²) in [5.74, 6) is 0.0479. The van der Waals surface area contributed by atoms with Gasteiger partial charge in [-0.1, -0.05) is 26.0 Å². The Morgan fingerprint density at radius 1 is 1.46 bits per heavy atom. The number of carbonyl (C=O) groups is 1. The summed E-state index contributed by atoms with van der Waals surface area (Å²) in [5.41, 5.74) is 0.932. The maximum absolute atomic E-state index is 13.2. The summed E-state index contributed by atoms with van der Waals surface area (Å²) in [6, 6.07) is 5.25. The summed E-state index contributed by atoms with van der Waals surface area (Å²) < 4.78 is 33.1. The highest BCUT2D eigenvalue weighted by Gasteiger charge is 2.34. The Balaban J connectivity index is 2.30. The Kier molecular flexibility index (Phi) is 6.83. The van der Waals surface area contributed by atoms with Gasteiger partial charge in [0.15, 0.2) is 0 Å². The van der Waals surface area contributed by atoms with Gasteiger partial charge < -0.3 is 10.1 Å². The fraction of sp³-hybridized carbons (Fsp3) is 0.526. The normalized spacial score (nSPS) is 18.5. The molecule has 1 amide bonds. The molecule has 0 aromatic heterocycles. The molecular formula is C19H28N2O4S. The number of amides is 1. The van der Waals surface area contributed by atoms with E-state index in [1.54, 1.807) is 18.2 Å². The van der Waals surface area contributed by atoms with Gasteiger partial charge in [0.25, 0.3) is 0 Å². The molecule has 144 valence electrons. The SMILES string of the molecule is C=CCNC(=O)[C@@H]1CCCN(S(=O)(=O)c2cc(C(C)C)ccc2OC)C1. The Hall–Kier alpha value is -1.86. The predicted octanol–water partition coefficient (Wildman–Crippen LogP) is 2.52. The van der Waals surface area contributed by atoms with Gasteiger partial charge in [0.05, 0.1) is 13.0 Å². The molecule has 1 aromatic rings. The van der Waals surface area contributed by atoms with Crippen molar-refractivity contribution in [1.29, 1.82) is 0 Å². The molecule has 0 radical (unpaired) electrons. The van der Waals surface area contributed by atoms with E-state index in [4.69, 9.17) is 4.74 Å². The zero-order valence-corrected chi connectivity index (χ0v) is 16.5. The third kappa shape index (κ3) is 4.45. The van der Waals surface area contributed by atoms with Crippen molar-refractivity contribution in [3.63, 3.8) is 0 Å². The average molecular weight is 381 g/mol. The van der Waals surface area contributed by atoms with Crippen molar-refractivity contribution in [3.05, 3.63) is 36.4 Å². The van der Waals surface area contributed by atoms with Gasteiger partial charge in [-0.05, 0) is 36.5 Å². The number of sulfonamides is 1. The average Bonchev–Trinajstić information content (AvgIpc) is 2.65. The topological polar surface area (TPSA) is 75.7 Å². The second-order valence-corrected chi connectivity index (χ2v) is 8.71. The quantitative estimate of drug-likeness (QED) is 0.738. The molecule has 1 saturated heterocycles. The van der Waals surface area contributed by atoms with Crippen molar-refractivity contribution in [2.24, 2.45) is 5.92 Å². The van der Waals surface area contributed by atoms with E-state index in [0.29, 0.717) is 31.7 Å². The lowest BCUT2D eigenvalue weighted by atomic mass is 9.99. The molecule has 2 rings (SSSR count). The molecule has 1 aromatic carbocycles. The molecule has 7 heteroatoms.